The standard InChI is InChI=1S/C17H28BNO4/c1-8-12-11-19(15(20)21-10-3)14(13(12)9-2)18-22-16(4,5)17(6,7)23-18/h11H,8-10H2,1-7H3. The van der Waals surface area contributed by atoms with Gasteiger partial charge in [0, 0.05) is 6.20 Å². The summed E-state index contributed by atoms with van der Waals surface area (Å²) in [7, 11) is -0.570. The van der Waals surface area contributed by atoms with E-state index >= 15 is 0 Å². The number of rotatable bonds is 4. The molecule has 0 aliphatic carbocycles. The van der Waals surface area contributed by atoms with Gasteiger partial charge in [-0.15, -0.1) is 0 Å². The Labute approximate surface area is 139 Å². The van der Waals surface area contributed by atoms with Crippen molar-refractivity contribution in [1.29, 1.82) is 0 Å². The second kappa shape index (κ2) is 6.32. The summed E-state index contributed by atoms with van der Waals surface area (Å²) in [5, 5.41) is 0. The number of aromatic nitrogens is 1. The maximum Gasteiger partial charge on any atom is 0.513 e. The highest BCUT2D eigenvalue weighted by atomic mass is 16.7. The Balaban J connectivity index is 2.52. The van der Waals surface area contributed by atoms with Crippen molar-refractivity contribution in [2.75, 3.05) is 6.61 Å². The second-order valence-electron chi connectivity index (χ2n) is 6.88. The highest BCUT2D eigenvalue weighted by Gasteiger charge is 2.53. The van der Waals surface area contributed by atoms with Gasteiger partial charge in [-0.1, -0.05) is 13.8 Å². The summed E-state index contributed by atoms with van der Waals surface area (Å²) in [4.78, 5) is 12.4. The van der Waals surface area contributed by atoms with E-state index in [1.54, 1.807) is 11.5 Å². The lowest BCUT2D eigenvalue weighted by Gasteiger charge is -2.32. The molecular formula is C17H28BNO4. The van der Waals surface area contributed by atoms with E-state index in [-0.39, 0.29) is 6.09 Å². The average Bonchev–Trinajstić information content (AvgIpc) is 2.93. The molecule has 2 rings (SSSR count). The van der Waals surface area contributed by atoms with E-state index in [1.807, 2.05) is 33.9 Å². The molecule has 0 amide bonds. The summed E-state index contributed by atoms with van der Waals surface area (Å²) in [5.41, 5.74) is 2.11. The fraction of sp³-hybridized carbons (Fsp3) is 0.706. The van der Waals surface area contributed by atoms with Crippen LogP contribution in [0.1, 0.15) is 59.6 Å². The molecule has 1 aliphatic rings. The Morgan fingerprint density at radius 2 is 1.70 bits per heavy atom. The highest BCUT2D eigenvalue weighted by molar-refractivity contribution is 6.62. The number of hydrogen-bond donors (Lipinski definition) is 0. The minimum Gasteiger partial charge on any atom is -0.449 e. The zero-order valence-corrected chi connectivity index (χ0v) is 15.4. The minimum atomic E-state index is -0.570. The quantitative estimate of drug-likeness (QED) is 0.800. The van der Waals surface area contributed by atoms with Crippen molar-refractivity contribution >= 4 is 18.8 Å². The molecule has 6 heteroatoms. The van der Waals surface area contributed by atoms with Gasteiger partial charge in [0.05, 0.1) is 23.4 Å². The Morgan fingerprint density at radius 1 is 1.13 bits per heavy atom. The van der Waals surface area contributed by atoms with Crippen LogP contribution in [-0.2, 0) is 26.9 Å². The predicted octanol–water partition coefficient (Wildman–Crippen LogP) is 2.92. The molecule has 0 aromatic carbocycles. The Bertz CT molecular complexity index is 576. The Morgan fingerprint density at radius 3 is 2.13 bits per heavy atom. The van der Waals surface area contributed by atoms with Gasteiger partial charge in [0.2, 0.25) is 0 Å². The lowest BCUT2D eigenvalue weighted by Crippen LogP contribution is -2.43. The molecule has 128 valence electrons. The lowest BCUT2D eigenvalue weighted by atomic mass is 9.80. The van der Waals surface area contributed by atoms with Gasteiger partial charge in [0.25, 0.3) is 0 Å². The number of aryl methyl sites for hydroxylation is 1. The van der Waals surface area contributed by atoms with Gasteiger partial charge in [-0.05, 0) is 58.6 Å². The SMILES string of the molecule is CCOC(=O)n1cc(CC)c(CC)c1B1OC(C)(C)C(C)(C)O1. The maximum atomic E-state index is 12.4. The zero-order chi connectivity index (χ0) is 17.4. The summed E-state index contributed by atoms with van der Waals surface area (Å²) >= 11 is 0. The predicted molar refractivity (Wildman–Crippen MR) is 91.3 cm³/mol. The first-order valence-electron chi connectivity index (χ1n) is 8.44. The van der Waals surface area contributed by atoms with E-state index in [0.29, 0.717) is 6.61 Å². The van der Waals surface area contributed by atoms with E-state index in [2.05, 4.69) is 13.8 Å². The fourth-order valence-corrected chi connectivity index (χ4v) is 2.88. The normalized spacial score (nSPS) is 19.2. The van der Waals surface area contributed by atoms with E-state index < -0.39 is 18.3 Å². The number of ether oxygens (including phenoxy) is 1. The van der Waals surface area contributed by atoms with Crippen LogP contribution in [-0.4, -0.2) is 35.6 Å². The summed E-state index contributed by atoms with van der Waals surface area (Å²) in [5.74, 6) is 0. The minimum absolute atomic E-state index is 0.336. The molecule has 0 spiro atoms. The van der Waals surface area contributed by atoms with Gasteiger partial charge in [-0.25, -0.2) is 4.79 Å². The molecule has 1 saturated heterocycles. The Kier molecular flexibility index (Phi) is 4.97. The molecule has 0 atom stereocenters. The first-order valence-corrected chi connectivity index (χ1v) is 8.44. The zero-order valence-electron chi connectivity index (χ0n) is 15.4. The average molecular weight is 321 g/mol. The van der Waals surface area contributed by atoms with Crippen molar-refractivity contribution in [1.82, 2.24) is 4.57 Å². The fourth-order valence-electron chi connectivity index (χ4n) is 2.88. The van der Waals surface area contributed by atoms with E-state index in [0.717, 1.165) is 29.6 Å². The van der Waals surface area contributed by atoms with Gasteiger partial charge in [-0.3, -0.25) is 4.57 Å². The first-order chi connectivity index (χ1) is 10.7. The third-order valence-corrected chi connectivity index (χ3v) is 4.92. The number of carbonyl (C=O) groups excluding carboxylic acids is 1. The van der Waals surface area contributed by atoms with Crippen LogP contribution in [0.3, 0.4) is 0 Å². The monoisotopic (exact) mass is 321 g/mol. The van der Waals surface area contributed by atoms with Gasteiger partial charge >= 0.3 is 13.2 Å². The number of hydrogen-bond acceptors (Lipinski definition) is 4. The van der Waals surface area contributed by atoms with Gasteiger partial charge < -0.3 is 14.0 Å². The Hall–Kier alpha value is -1.27. The van der Waals surface area contributed by atoms with Gasteiger partial charge in [-0.2, -0.15) is 0 Å². The number of nitrogens with zero attached hydrogens (tertiary/aromatic N) is 1. The first kappa shape index (κ1) is 18.1. The highest BCUT2D eigenvalue weighted by Crippen LogP contribution is 2.37. The van der Waals surface area contributed by atoms with Crippen LogP contribution in [0.4, 0.5) is 4.79 Å². The molecule has 5 nitrogen and oxygen atoms in total. The molecule has 23 heavy (non-hydrogen) atoms. The van der Waals surface area contributed by atoms with Crippen molar-refractivity contribution in [3.05, 3.63) is 17.3 Å². The number of carbonyl (C=O) groups is 1. The molecule has 0 N–H and O–H groups in total. The summed E-state index contributed by atoms with van der Waals surface area (Å²) in [6, 6.07) is 0. The van der Waals surface area contributed by atoms with Crippen LogP contribution in [0.15, 0.2) is 6.20 Å². The summed E-state index contributed by atoms with van der Waals surface area (Å²) < 4.78 is 19.1. The molecular weight excluding hydrogens is 293 g/mol. The molecule has 0 unspecified atom stereocenters. The van der Waals surface area contributed by atoms with Gasteiger partial charge in [0.15, 0.2) is 0 Å². The molecule has 0 bridgehead atoms. The maximum absolute atomic E-state index is 12.4. The second-order valence-corrected chi connectivity index (χ2v) is 6.88. The van der Waals surface area contributed by atoms with Crippen LogP contribution in [0.2, 0.25) is 0 Å². The molecule has 2 heterocycles. The van der Waals surface area contributed by atoms with Crippen molar-refractivity contribution in [3.8, 4) is 0 Å². The third-order valence-electron chi connectivity index (χ3n) is 4.92. The van der Waals surface area contributed by atoms with E-state index in [4.69, 9.17) is 14.0 Å². The largest absolute Gasteiger partial charge is 0.513 e. The van der Waals surface area contributed by atoms with Crippen molar-refractivity contribution < 1.29 is 18.8 Å². The summed E-state index contributed by atoms with van der Waals surface area (Å²) in [6.07, 6.45) is 3.14. The molecule has 1 fully saturated rings. The topological polar surface area (TPSA) is 49.7 Å². The molecule has 1 aromatic rings. The van der Waals surface area contributed by atoms with Crippen LogP contribution in [0.25, 0.3) is 0 Å². The molecule has 0 saturated carbocycles. The lowest BCUT2D eigenvalue weighted by molar-refractivity contribution is 0.00578. The molecule has 1 aromatic heterocycles. The molecule has 0 radical (unpaired) electrons. The molecule has 1 aliphatic heterocycles. The smallest absolute Gasteiger partial charge is 0.449 e. The third kappa shape index (κ3) is 3.06. The van der Waals surface area contributed by atoms with Crippen LogP contribution < -0.4 is 5.59 Å². The van der Waals surface area contributed by atoms with E-state index in [9.17, 15) is 4.79 Å². The van der Waals surface area contributed by atoms with Gasteiger partial charge in [0.1, 0.15) is 0 Å². The van der Waals surface area contributed by atoms with E-state index in [1.165, 1.54) is 0 Å². The van der Waals surface area contributed by atoms with Crippen molar-refractivity contribution in [3.63, 3.8) is 0 Å². The van der Waals surface area contributed by atoms with Crippen molar-refractivity contribution in [2.45, 2.75) is 72.5 Å². The van der Waals surface area contributed by atoms with Crippen LogP contribution >= 0.6 is 0 Å². The van der Waals surface area contributed by atoms with Crippen LogP contribution in [0, 0.1) is 0 Å². The van der Waals surface area contributed by atoms with Crippen molar-refractivity contribution in [2.24, 2.45) is 0 Å². The van der Waals surface area contributed by atoms with Crippen LogP contribution in [0.5, 0.6) is 0 Å². The summed E-state index contributed by atoms with van der Waals surface area (Å²) in [6.45, 7) is 14.3.